The quantitative estimate of drug-likeness (QED) is 0.822. The van der Waals surface area contributed by atoms with Gasteiger partial charge in [0.05, 0.1) is 10.7 Å². The lowest BCUT2D eigenvalue weighted by molar-refractivity contribution is 0.0963. The summed E-state index contributed by atoms with van der Waals surface area (Å²) in [4.78, 5) is 11.5. The molecule has 0 aliphatic rings. The molecule has 0 atom stereocenters. The third kappa shape index (κ3) is 3.23. The van der Waals surface area contributed by atoms with E-state index in [1.807, 2.05) is 6.07 Å². The topological polar surface area (TPSA) is 64.3 Å². The number of carbonyl (C=O) groups excluding carboxylic acids is 1. The van der Waals surface area contributed by atoms with Crippen LogP contribution >= 0.6 is 27.5 Å². The van der Waals surface area contributed by atoms with Crippen LogP contribution in [0, 0.1) is 0 Å². The molecule has 0 fully saturated rings. The van der Waals surface area contributed by atoms with Crippen molar-refractivity contribution in [2.24, 2.45) is 0 Å². The third-order valence-electron chi connectivity index (χ3n) is 2.61. The summed E-state index contributed by atoms with van der Waals surface area (Å²) in [5, 5.41) is 3.01. The zero-order valence-corrected chi connectivity index (χ0v) is 13.0. The maximum absolute atomic E-state index is 11.5. The van der Waals surface area contributed by atoms with Crippen molar-refractivity contribution >= 4 is 39.1 Å². The summed E-state index contributed by atoms with van der Waals surface area (Å²) in [5.74, 6) is 0.724. The van der Waals surface area contributed by atoms with Crippen LogP contribution < -0.4 is 15.8 Å². The van der Waals surface area contributed by atoms with Crippen molar-refractivity contribution < 1.29 is 9.53 Å². The van der Waals surface area contributed by atoms with Crippen LogP contribution in [0.1, 0.15) is 10.4 Å². The predicted octanol–water partition coefficient (Wildman–Crippen LogP) is 3.84. The second-order valence-electron chi connectivity index (χ2n) is 4.01. The Morgan fingerprint density at radius 2 is 2.00 bits per heavy atom. The number of hydrogen-bond donors (Lipinski definition) is 2. The van der Waals surface area contributed by atoms with E-state index < -0.39 is 0 Å². The number of amides is 1. The van der Waals surface area contributed by atoms with Crippen molar-refractivity contribution in [3.05, 3.63) is 51.5 Å². The number of halogens is 2. The van der Waals surface area contributed by atoms with Gasteiger partial charge in [-0.25, -0.2) is 0 Å². The first kappa shape index (κ1) is 14.7. The first-order valence-corrected chi connectivity index (χ1v) is 6.93. The van der Waals surface area contributed by atoms with Gasteiger partial charge < -0.3 is 15.8 Å². The van der Waals surface area contributed by atoms with Gasteiger partial charge in [0.2, 0.25) is 0 Å². The van der Waals surface area contributed by atoms with Crippen LogP contribution in [0.15, 0.2) is 40.9 Å². The molecule has 2 aromatic rings. The van der Waals surface area contributed by atoms with Gasteiger partial charge in [-0.2, -0.15) is 0 Å². The number of benzene rings is 2. The number of anilines is 1. The molecule has 0 spiro atoms. The average molecular weight is 356 g/mol. The molecule has 0 unspecified atom stereocenters. The molecule has 0 saturated carbocycles. The van der Waals surface area contributed by atoms with Crippen LogP contribution in [-0.4, -0.2) is 13.0 Å². The SMILES string of the molecule is CNC(=O)c1ccc(Oc2cc(Br)ccc2Cl)c(N)c1. The minimum absolute atomic E-state index is 0.205. The van der Waals surface area contributed by atoms with Gasteiger partial charge in [0, 0.05) is 17.1 Å². The largest absolute Gasteiger partial charge is 0.454 e. The summed E-state index contributed by atoms with van der Waals surface area (Å²) >= 11 is 9.40. The Labute approximate surface area is 130 Å². The number of carbonyl (C=O) groups is 1. The van der Waals surface area contributed by atoms with Crippen molar-refractivity contribution in [1.82, 2.24) is 5.32 Å². The standard InChI is InChI=1S/C14H12BrClN2O2/c1-18-14(19)8-2-5-12(11(17)6-8)20-13-7-9(15)3-4-10(13)16/h2-7H,17H2,1H3,(H,18,19). The Morgan fingerprint density at radius 3 is 2.65 bits per heavy atom. The number of ether oxygens (including phenoxy) is 1. The average Bonchev–Trinajstić information content (AvgIpc) is 2.44. The molecule has 4 nitrogen and oxygen atoms in total. The molecule has 1 amide bonds. The first-order chi connectivity index (χ1) is 9.51. The highest BCUT2D eigenvalue weighted by Crippen LogP contribution is 2.34. The lowest BCUT2D eigenvalue weighted by atomic mass is 10.2. The highest BCUT2D eigenvalue weighted by atomic mass is 79.9. The maximum Gasteiger partial charge on any atom is 0.251 e. The van der Waals surface area contributed by atoms with Crippen LogP contribution in [0.25, 0.3) is 0 Å². The highest BCUT2D eigenvalue weighted by Gasteiger charge is 2.10. The lowest BCUT2D eigenvalue weighted by Gasteiger charge is -2.11. The molecule has 2 rings (SSSR count). The monoisotopic (exact) mass is 354 g/mol. The van der Waals surface area contributed by atoms with Crippen molar-refractivity contribution in [3.63, 3.8) is 0 Å². The Balaban J connectivity index is 2.30. The molecule has 0 aliphatic carbocycles. The van der Waals surface area contributed by atoms with Crippen molar-refractivity contribution in [2.45, 2.75) is 0 Å². The Bertz CT molecular complexity index is 662. The zero-order chi connectivity index (χ0) is 14.7. The molecule has 0 saturated heterocycles. The number of hydrogen-bond acceptors (Lipinski definition) is 3. The van der Waals surface area contributed by atoms with Gasteiger partial charge in [-0.1, -0.05) is 27.5 Å². The van der Waals surface area contributed by atoms with E-state index in [0.717, 1.165) is 4.47 Å². The van der Waals surface area contributed by atoms with E-state index in [1.54, 1.807) is 37.4 Å². The van der Waals surface area contributed by atoms with E-state index in [4.69, 9.17) is 22.1 Å². The second kappa shape index (κ2) is 6.15. The fourth-order valence-electron chi connectivity index (χ4n) is 1.60. The molecule has 0 heterocycles. The molecule has 6 heteroatoms. The molecule has 0 bridgehead atoms. The van der Waals surface area contributed by atoms with Gasteiger partial charge in [-0.15, -0.1) is 0 Å². The molecule has 0 aliphatic heterocycles. The van der Waals surface area contributed by atoms with Gasteiger partial charge in [-0.3, -0.25) is 4.79 Å². The lowest BCUT2D eigenvalue weighted by Crippen LogP contribution is -2.17. The summed E-state index contributed by atoms with van der Waals surface area (Å²) in [7, 11) is 1.56. The maximum atomic E-state index is 11.5. The number of nitrogen functional groups attached to an aromatic ring is 1. The molecule has 0 radical (unpaired) electrons. The highest BCUT2D eigenvalue weighted by molar-refractivity contribution is 9.10. The fourth-order valence-corrected chi connectivity index (χ4v) is 2.10. The molecule has 0 aromatic heterocycles. The predicted molar refractivity (Wildman–Crippen MR) is 83.5 cm³/mol. The van der Waals surface area contributed by atoms with Gasteiger partial charge in [0.1, 0.15) is 11.5 Å². The second-order valence-corrected chi connectivity index (χ2v) is 5.33. The van der Waals surface area contributed by atoms with Crippen LogP contribution in [-0.2, 0) is 0 Å². The van der Waals surface area contributed by atoms with Gasteiger partial charge in [0.25, 0.3) is 5.91 Å². The number of nitrogens with two attached hydrogens (primary N) is 1. The Hall–Kier alpha value is -1.72. The van der Waals surface area contributed by atoms with Crippen molar-refractivity contribution in [2.75, 3.05) is 12.8 Å². The summed E-state index contributed by atoms with van der Waals surface area (Å²) < 4.78 is 6.52. The Morgan fingerprint density at radius 1 is 1.25 bits per heavy atom. The van der Waals surface area contributed by atoms with Gasteiger partial charge >= 0.3 is 0 Å². The van der Waals surface area contributed by atoms with Gasteiger partial charge in [0.15, 0.2) is 0 Å². The summed E-state index contributed by atoms with van der Waals surface area (Å²) in [6, 6.07) is 10.1. The number of rotatable bonds is 3. The first-order valence-electron chi connectivity index (χ1n) is 5.76. The minimum atomic E-state index is -0.205. The zero-order valence-electron chi connectivity index (χ0n) is 10.6. The van der Waals surface area contributed by atoms with E-state index in [2.05, 4.69) is 21.2 Å². The molecule has 104 valence electrons. The van der Waals surface area contributed by atoms with E-state index in [-0.39, 0.29) is 5.91 Å². The van der Waals surface area contributed by atoms with Crippen LogP contribution in [0.4, 0.5) is 5.69 Å². The van der Waals surface area contributed by atoms with E-state index >= 15 is 0 Å². The van der Waals surface area contributed by atoms with E-state index in [1.165, 1.54) is 0 Å². The minimum Gasteiger partial charge on any atom is -0.454 e. The molecule has 3 N–H and O–H groups in total. The van der Waals surface area contributed by atoms with Crippen LogP contribution in [0.5, 0.6) is 11.5 Å². The Kier molecular flexibility index (Phi) is 4.52. The molecule has 20 heavy (non-hydrogen) atoms. The number of nitrogens with one attached hydrogen (secondary N) is 1. The van der Waals surface area contributed by atoms with E-state index in [9.17, 15) is 4.79 Å². The van der Waals surface area contributed by atoms with Crippen molar-refractivity contribution in [1.29, 1.82) is 0 Å². The molecular formula is C14H12BrClN2O2. The summed E-state index contributed by atoms with van der Waals surface area (Å²) in [6.45, 7) is 0. The van der Waals surface area contributed by atoms with Crippen LogP contribution in [0.3, 0.4) is 0 Å². The van der Waals surface area contributed by atoms with Crippen LogP contribution in [0.2, 0.25) is 5.02 Å². The third-order valence-corrected chi connectivity index (χ3v) is 3.42. The summed E-state index contributed by atoms with van der Waals surface area (Å²) in [5.41, 5.74) is 6.72. The fraction of sp³-hybridized carbons (Fsp3) is 0.0714. The summed E-state index contributed by atoms with van der Waals surface area (Å²) in [6.07, 6.45) is 0. The smallest absolute Gasteiger partial charge is 0.251 e. The normalized spacial score (nSPS) is 10.2. The van der Waals surface area contributed by atoms with Gasteiger partial charge in [-0.05, 0) is 36.4 Å². The van der Waals surface area contributed by atoms with E-state index in [0.29, 0.717) is 27.8 Å². The molecule has 2 aromatic carbocycles. The van der Waals surface area contributed by atoms with Crippen molar-refractivity contribution in [3.8, 4) is 11.5 Å². The molecular weight excluding hydrogens is 344 g/mol.